The van der Waals surface area contributed by atoms with Crippen molar-refractivity contribution in [2.45, 2.75) is 111 Å². The van der Waals surface area contributed by atoms with Crippen LogP contribution in [0.25, 0.3) is 0 Å². The predicted octanol–water partition coefficient (Wildman–Crippen LogP) is 3.43. The fourth-order valence-corrected chi connectivity index (χ4v) is 4.83. The summed E-state index contributed by atoms with van der Waals surface area (Å²) >= 11 is 0. The number of alkyl halides is 3. The van der Waals surface area contributed by atoms with E-state index in [0.717, 1.165) is 11.3 Å². The van der Waals surface area contributed by atoms with Crippen LogP contribution in [0, 0.1) is 17.8 Å². The molecule has 1 aliphatic rings. The summed E-state index contributed by atoms with van der Waals surface area (Å²) in [6.07, 6.45) is -0.706. The number of ether oxygens (including phenoxy) is 2. The van der Waals surface area contributed by atoms with Gasteiger partial charge in [0.15, 0.2) is 6.10 Å². The largest absolute Gasteiger partial charge is 0.499 e. The minimum atomic E-state index is -5.08. The average Bonchev–Trinajstić information content (AvgIpc) is 3.26. The number of aliphatic carboxylic acids is 1. The van der Waals surface area contributed by atoms with Crippen LogP contribution < -0.4 is 10.6 Å². The predicted molar refractivity (Wildman–Crippen MR) is 174 cm³/mol. The summed E-state index contributed by atoms with van der Waals surface area (Å²) in [5, 5.41) is 12.7. The first kappa shape index (κ1) is 45.0. The maximum atomic E-state index is 13.4. The summed E-state index contributed by atoms with van der Waals surface area (Å²) in [6, 6.07) is -2.48. The molecular weight excluding hydrogens is 653 g/mol. The van der Waals surface area contributed by atoms with Gasteiger partial charge >= 0.3 is 18.1 Å². The van der Waals surface area contributed by atoms with Crippen molar-refractivity contribution in [2.75, 3.05) is 21.2 Å². The molecule has 0 radical (unpaired) electrons. The van der Waals surface area contributed by atoms with Crippen molar-refractivity contribution in [3.63, 3.8) is 0 Å². The molecular formula is C33H53F3N4O9. The van der Waals surface area contributed by atoms with Gasteiger partial charge in [0.25, 0.3) is 17.7 Å². The quantitative estimate of drug-likeness (QED) is 0.160. The van der Waals surface area contributed by atoms with Gasteiger partial charge in [-0.1, -0.05) is 54.0 Å². The van der Waals surface area contributed by atoms with Crippen LogP contribution in [-0.2, 0) is 38.2 Å². The summed E-state index contributed by atoms with van der Waals surface area (Å²) in [7, 11) is 5.05. The standard InChI is InChI=1S/C31H52N4O7.C2HF3O2/c1-12-20(6)28(34(9)10)31(40)42-25(16-19(4)5)30(39)33-23(15-18(2)3)29(38)32-21(7)13-14-26(36)35-22(8)24(41-11)17-27(35)37;3-2(4,5)1(6)7/h13-14,17-23,25,28H,12,15-16H2,1-11H3,(H,32,38)(H,33,39);(H,6,7)/b14-13+;/t20-,21-,22-,23-,25-,28-;/m0./s1. The summed E-state index contributed by atoms with van der Waals surface area (Å²) in [4.78, 5) is 76.4. The molecule has 280 valence electrons. The molecule has 1 heterocycles. The molecule has 0 spiro atoms. The molecule has 0 fully saturated rings. The van der Waals surface area contributed by atoms with E-state index in [4.69, 9.17) is 19.4 Å². The maximum absolute atomic E-state index is 13.4. The molecule has 0 aromatic heterocycles. The second-order valence-corrected chi connectivity index (χ2v) is 13.0. The van der Waals surface area contributed by atoms with Crippen LogP contribution in [0.2, 0.25) is 0 Å². The molecule has 0 saturated carbocycles. The smallest absolute Gasteiger partial charge is 0.490 e. The first-order valence-corrected chi connectivity index (χ1v) is 16.1. The lowest BCUT2D eigenvalue weighted by molar-refractivity contribution is -0.192. The number of carboxylic acids is 1. The van der Waals surface area contributed by atoms with Crippen LogP contribution in [-0.4, -0.2) is 108 Å². The lowest BCUT2D eigenvalue weighted by Crippen LogP contribution is -2.53. The van der Waals surface area contributed by atoms with Gasteiger partial charge in [-0.05, 0) is 58.5 Å². The summed E-state index contributed by atoms with van der Waals surface area (Å²) in [6.45, 7) is 15.1. The third kappa shape index (κ3) is 15.4. The van der Waals surface area contributed by atoms with E-state index in [9.17, 15) is 37.1 Å². The second kappa shape index (κ2) is 20.5. The molecule has 1 rings (SSSR count). The van der Waals surface area contributed by atoms with Gasteiger partial charge in [0, 0.05) is 18.2 Å². The number of amides is 4. The lowest BCUT2D eigenvalue weighted by Gasteiger charge is -2.30. The van der Waals surface area contributed by atoms with Gasteiger partial charge in [0.1, 0.15) is 17.8 Å². The molecule has 0 aliphatic carbocycles. The molecule has 16 heteroatoms. The number of carbonyl (C=O) groups excluding carboxylic acids is 5. The SMILES string of the molecule is CC[C@H](C)[C@@H](C(=O)O[C@@H](CC(C)C)C(=O)N[C@@H](CC(C)C)C(=O)N[C@@H](C)/C=C/C(=O)N1C(=O)C=C(OC)[C@@H]1C)N(C)C.O=C(O)C(F)(F)F. The molecule has 0 saturated heterocycles. The zero-order valence-electron chi connectivity index (χ0n) is 30.2. The van der Waals surface area contributed by atoms with Crippen LogP contribution >= 0.6 is 0 Å². The number of methoxy groups -OCH3 is 1. The number of hydrogen-bond donors (Lipinski definition) is 3. The molecule has 0 unspecified atom stereocenters. The highest BCUT2D eigenvalue weighted by Crippen LogP contribution is 2.21. The third-order valence-corrected chi connectivity index (χ3v) is 7.47. The van der Waals surface area contributed by atoms with E-state index in [1.807, 2.05) is 41.5 Å². The van der Waals surface area contributed by atoms with Crippen LogP contribution in [0.15, 0.2) is 24.0 Å². The number of likely N-dealkylation sites (N-methyl/N-ethyl adjacent to an activating group) is 1. The number of rotatable bonds is 16. The van der Waals surface area contributed by atoms with E-state index in [1.165, 1.54) is 25.3 Å². The van der Waals surface area contributed by atoms with E-state index in [2.05, 4.69) is 10.6 Å². The Morgan fingerprint density at radius 3 is 1.94 bits per heavy atom. The van der Waals surface area contributed by atoms with Crippen molar-refractivity contribution in [2.24, 2.45) is 17.8 Å². The second-order valence-electron chi connectivity index (χ2n) is 13.0. The van der Waals surface area contributed by atoms with Crippen LogP contribution in [0.5, 0.6) is 0 Å². The fourth-order valence-electron chi connectivity index (χ4n) is 4.83. The summed E-state index contributed by atoms with van der Waals surface area (Å²) < 4.78 is 42.6. The number of hydrogen-bond acceptors (Lipinski definition) is 9. The molecule has 4 amide bonds. The number of carbonyl (C=O) groups is 6. The van der Waals surface area contributed by atoms with Gasteiger partial charge in [-0.25, -0.2) is 4.79 Å². The Morgan fingerprint density at radius 1 is 1.00 bits per heavy atom. The number of halogens is 3. The Hall–Kier alpha value is -3.95. The highest BCUT2D eigenvalue weighted by molar-refractivity contribution is 6.07. The van der Waals surface area contributed by atoms with Crippen LogP contribution in [0.3, 0.4) is 0 Å². The van der Waals surface area contributed by atoms with Gasteiger partial charge in [-0.2, -0.15) is 13.2 Å². The Kier molecular flexibility index (Phi) is 18.9. The maximum Gasteiger partial charge on any atom is 0.490 e. The summed E-state index contributed by atoms with van der Waals surface area (Å²) in [5.74, 6) is -4.62. The van der Waals surface area contributed by atoms with Crippen molar-refractivity contribution < 1.29 is 56.5 Å². The molecule has 0 aromatic carbocycles. The van der Waals surface area contributed by atoms with Gasteiger partial charge in [0.05, 0.1) is 13.2 Å². The van der Waals surface area contributed by atoms with Crippen molar-refractivity contribution in [1.82, 2.24) is 20.4 Å². The van der Waals surface area contributed by atoms with Crippen molar-refractivity contribution in [3.8, 4) is 0 Å². The van der Waals surface area contributed by atoms with Gasteiger partial charge in [-0.15, -0.1) is 0 Å². The molecule has 1 aliphatic heterocycles. The van der Waals surface area contributed by atoms with Gasteiger partial charge < -0.3 is 25.2 Å². The molecule has 6 atom stereocenters. The molecule has 49 heavy (non-hydrogen) atoms. The first-order valence-electron chi connectivity index (χ1n) is 16.1. The minimum Gasteiger partial charge on any atom is -0.499 e. The Bertz CT molecular complexity index is 1220. The van der Waals surface area contributed by atoms with E-state index < -0.39 is 72.0 Å². The highest BCUT2D eigenvalue weighted by Gasteiger charge is 2.38. The van der Waals surface area contributed by atoms with Gasteiger partial charge in [-0.3, -0.25) is 33.8 Å². The monoisotopic (exact) mass is 706 g/mol. The molecule has 0 aromatic rings. The zero-order chi connectivity index (χ0) is 38.4. The topological polar surface area (TPSA) is 172 Å². The molecule has 3 N–H and O–H groups in total. The Morgan fingerprint density at radius 2 is 1.53 bits per heavy atom. The van der Waals surface area contributed by atoms with Gasteiger partial charge in [0.2, 0.25) is 5.91 Å². The van der Waals surface area contributed by atoms with E-state index >= 15 is 0 Å². The normalized spacial score (nSPS) is 17.9. The van der Waals surface area contributed by atoms with Crippen molar-refractivity contribution in [1.29, 1.82) is 0 Å². The lowest BCUT2D eigenvalue weighted by atomic mass is 9.98. The van der Waals surface area contributed by atoms with Crippen LogP contribution in [0.4, 0.5) is 13.2 Å². The number of imide groups is 1. The average molecular weight is 707 g/mol. The number of carboxylic acid groups (broad SMARTS) is 1. The first-order chi connectivity index (χ1) is 22.5. The van der Waals surface area contributed by atoms with Crippen LogP contribution in [0.1, 0.15) is 74.7 Å². The number of nitrogens with one attached hydrogen (secondary N) is 2. The summed E-state index contributed by atoms with van der Waals surface area (Å²) in [5.41, 5.74) is 0. The van der Waals surface area contributed by atoms with Crippen molar-refractivity contribution >= 4 is 35.6 Å². The molecule has 0 bridgehead atoms. The highest BCUT2D eigenvalue weighted by atomic mass is 19.4. The number of esters is 1. The Balaban J connectivity index is 0.00000295. The number of nitrogens with zero attached hydrogens (tertiary/aromatic N) is 2. The molecule has 13 nitrogen and oxygen atoms in total. The zero-order valence-corrected chi connectivity index (χ0v) is 30.2. The van der Waals surface area contributed by atoms with E-state index in [1.54, 1.807) is 32.8 Å². The van der Waals surface area contributed by atoms with E-state index in [-0.39, 0.29) is 17.8 Å². The minimum absolute atomic E-state index is 0.0289. The third-order valence-electron chi connectivity index (χ3n) is 7.47. The van der Waals surface area contributed by atoms with Crippen molar-refractivity contribution in [3.05, 3.63) is 24.0 Å². The van der Waals surface area contributed by atoms with E-state index in [0.29, 0.717) is 18.6 Å². The Labute approximate surface area is 286 Å². The fraction of sp³-hybridized carbons (Fsp3) is 0.697.